The van der Waals surface area contributed by atoms with E-state index in [2.05, 4.69) is 15.0 Å². The molecule has 0 aliphatic carbocycles. The van der Waals surface area contributed by atoms with Gasteiger partial charge in [-0.2, -0.15) is 0 Å². The molecule has 2 aliphatic heterocycles. The molecule has 0 bridgehead atoms. The summed E-state index contributed by atoms with van der Waals surface area (Å²) in [5.41, 5.74) is 3.46. The number of pyridine rings is 2. The number of carbonyl (C=O) groups excluding carboxylic acids is 2. The monoisotopic (exact) mass is 742 g/mol. The fraction of sp³-hybridized carbons (Fsp3) is 0.341. The number of carbonyl (C=O) groups is 2. The maximum atomic E-state index is 14.3. The molecule has 0 saturated carbocycles. The highest BCUT2D eigenvalue weighted by Crippen LogP contribution is 2.37. The van der Waals surface area contributed by atoms with Gasteiger partial charge in [0.1, 0.15) is 22.0 Å². The number of aromatic nitrogens is 6. The highest BCUT2D eigenvalue weighted by molar-refractivity contribution is 7.17. The van der Waals surface area contributed by atoms with E-state index in [1.54, 1.807) is 23.0 Å². The molecule has 1 aromatic carbocycles. The molecule has 54 heavy (non-hydrogen) atoms. The van der Waals surface area contributed by atoms with Crippen molar-refractivity contribution in [1.82, 2.24) is 38.9 Å². The summed E-state index contributed by atoms with van der Waals surface area (Å²) in [6.07, 6.45) is 6.23. The third kappa shape index (κ3) is 6.85. The van der Waals surface area contributed by atoms with Crippen LogP contribution in [0, 0.1) is 26.7 Å². The Kier molecular flexibility index (Phi) is 9.44. The van der Waals surface area contributed by atoms with Crippen molar-refractivity contribution < 1.29 is 14.7 Å². The predicted octanol–water partition coefficient (Wildman–Crippen LogP) is 5.33. The summed E-state index contributed by atoms with van der Waals surface area (Å²) in [6, 6.07) is 21.3. The van der Waals surface area contributed by atoms with Crippen molar-refractivity contribution in [1.29, 1.82) is 0 Å². The lowest BCUT2D eigenvalue weighted by Crippen LogP contribution is -2.53. The van der Waals surface area contributed by atoms with Crippen molar-refractivity contribution in [3.63, 3.8) is 0 Å². The summed E-state index contributed by atoms with van der Waals surface area (Å²) < 4.78 is 3.26. The van der Waals surface area contributed by atoms with E-state index in [9.17, 15) is 19.5 Å². The van der Waals surface area contributed by atoms with Crippen molar-refractivity contribution in [2.45, 2.75) is 58.1 Å². The predicted molar refractivity (Wildman–Crippen MR) is 207 cm³/mol. The van der Waals surface area contributed by atoms with E-state index in [-0.39, 0.29) is 35.8 Å². The summed E-state index contributed by atoms with van der Waals surface area (Å²) in [6.45, 7) is 7.39. The van der Waals surface area contributed by atoms with Gasteiger partial charge < -0.3 is 14.9 Å². The van der Waals surface area contributed by atoms with Gasteiger partial charge in [-0.3, -0.25) is 28.5 Å². The van der Waals surface area contributed by atoms with Crippen molar-refractivity contribution in [3.8, 4) is 16.4 Å². The second-order valence-electron chi connectivity index (χ2n) is 14.6. The van der Waals surface area contributed by atoms with E-state index in [0.717, 1.165) is 27.5 Å². The molecule has 2 atom stereocenters. The van der Waals surface area contributed by atoms with Gasteiger partial charge in [0.2, 0.25) is 5.91 Å². The molecule has 12 nitrogen and oxygen atoms in total. The number of likely N-dealkylation sites (tertiary alicyclic amines) is 2. The van der Waals surface area contributed by atoms with Crippen LogP contribution in [-0.2, 0) is 11.3 Å². The molecule has 0 spiro atoms. The maximum Gasteiger partial charge on any atom is 0.265 e. The van der Waals surface area contributed by atoms with E-state index in [1.165, 1.54) is 22.2 Å². The summed E-state index contributed by atoms with van der Waals surface area (Å²) in [5.74, 6) is 0.132. The molecule has 5 aromatic heterocycles. The number of fused-ring (bicyclic) bond motifs is 1. The number of rotatable bonds is 7. The molecule has 6 aromatic rings. The fourth-order valence-corrected chi connectivity index (χ4v) is 8.82. The maximum absolute atomic E-state index is 14.3. The topological polar surface area (TPSA) is 139 Å². The molecule has 2 saturated heterocycles. The molecule has 276 valence electrons. The first-order valence-electron chi connectivity index (χ1n) is 18.3. The zero-order valence-electron chi connectivity index (χ0n) is 30.6. The summed E-state index contributed by atoms with van der Waals surface area (Å²) in [4.78, 5) is 64.4. The standard InChI is InChI=1S/C41H42N8O4S/c1-26-12-13-30(22-42-26)37-45-28(3)35(54-37)40(52)47-18-14-31(33(23-47)29-9-5-4-6-10-29)38(50)46-20-16-41(53,17-21-46)24-48-25-43-36-32(39(48)51)15-19-49(36)34-11-7-8-27(2)44-34/h4-13,15,19,22,25,31,33,53H,14,16-18,20-21,23-24H2,1-3H3/t31-,33+/m1/s1. The quantitative estimate of drug-likeness (QED) is 0.232. The number of amides is 2. The smallest absolute Gasteiger partial charge is 0.265 e. The van der Waals surface area contributed by atoms with Gasteiger partial charge >= 0.3 is 0 Å². The third-order valence-electron chi connectivity index (χ3n) is 10.9. The molecule has 2 fully saturated rings. The van der Waals surface area contributed by atoms with E-state index in [0.29, 0.717) is 72.9 Å². The molecular formula is C41H42N8O4S. The zero-order chi connectivity index (χ0) is 37.6. The van der Waals surface area contributed by atoms with Gasteiger partial charge in [0, 0.05) is 67.4 Å². The first kappa shape index (κ1) is 35.5. The molecule has 2 aliphatic rings. The summed E-state index contributed by atoms with van der Waals surface area (Å²) in [5, 5.41) is 12.9. The van der Waals surface area contributed by atoms with E-state index in [4.69, 9.17) is 4.98 Å². The van der Waals surface area contributed by atoms with Crippen LogP contribution in [0.2, 0.25) is 0 Å². The number of thiazole rings is 1. The van der Waals surface area contributed by atoms with Crippen LogP contribution in [0.4, 0.5) is 0 Å². The van der Waals surface area contributed by atoms with Crippen LogP contribution in [-0.4, -0.2) is 87.6 Å². The number of hydrogen-bond donors (Lipinski definition) is 1. The van der Waals surface area contributed by atoms with Crippen molar-refractivity contribution in [3.05, 3.63) is 123 Å². The highest BCUT2D eigenvalue weighted by Gasteiger charge is 2.42. The van der Waals surface area contributed by atoms with Crippen LogP contribution in [0.5, 0.6) is 0 Å². The fourth-order valence-electron chi connectivity index (χ4n) is 7.79. The van der Waals surface area contributed by atoms with E-state index in [1.807, 2.05) is 91.2 Å². The second-order valence-corrected chi connectivity index (χ2v) is 15.6. The Morgan fingerprint density at radius 3 is 2.43 bits per heavy atom. The summed E-state index contributed by atoms with van der Waals surface area (Å²) in [7, 11) is 0. The summed E-state index contributed by atoms with van der Waals surface area (Å²) >= 11 is 1.38. The molecule has 13 heteroatoms. The van der Waals surface area contributed by atoms with Crippen LogP contribution < -0.4 is 5.56 Å². The minimum absolute atomic E-state index is 0.0347. The van der Waals surface area contributed by atoms with Crippen LogP contribution in [0.15, 0.2) is 90.2 Å². The largest absolute Gasteiger partial charge is 0.388 e. The normalized spacial score (nSPS) is 18.6. The molecule has 2 amide bonds. The van der Waals surface area contributed by atoms with E-state index < -0.39 is 5.60 Å². The SMILES string of the molecule is Cc1ccc(-c2nc(C)c(C(=O)N3CC[C@@H](C(=O)N4CCC(O)(Cn5cnc6c(ccn6-c6cccc(C)n6)c5=O)CC4)[C@H](c4ccccc4)C3)s2)cn1. The minimum atomic E-state index is -1.18. The number of aryl methyl sites for hydroxylation is 3. The zero-order valence-corrected chi connectivity index (χ0v) is 31.4. The van der Waals surface area contributed by atoms with Crippen molar-refractivity contribution in [2.24, 2.45) is 5.92 Å². The first-order chi connectivity index (χ1) is 26.1. The number of benzene rings is 1. The lowest BCUT2D eigenvalue weighted by molar-refractivity contribution is -0.142. The average Bonchev–Trinajstić information content (AvgIpc) is 3.80. The number of aliphatic hydroxyl groups is 1. The van der Waals surface area contributed by atoms with Crippen LogP contribution in [0.1, 0.15) is 57.5 Å². The second kappa shape index (κ2) is 14.4. The Balaban J connectivity index is 0.953. The first-order valence-corrected chi connectivity index (χ1v) is 19.1. The van der Waals surface area contributed by atoms with Crippen LogP contribution in [0.3, 0.4) is 0 Å². The minimum Gasteiger partial charge on any atom is -0.388 e. The van der Waals surface area contributed by atoms with Gasteiger partial charge in [0.25, 0.3) is 11.5 Å². The van der Waals surface area contributed by atoms with Gasteiger partial charge in [0.05, 0.1) is 23.2 Å². The molecular weight excluding hydrogens is 701 g/mol. The highest BCUT2D eigenvalue weighted by atomic mass is 32.1. The molecule has 7 heterocycles. The number of nitrogens with zero attached hydrogens (tertiary/aromatic N) is 8. The molecule has 8 rings (SSSR count). The van der Waals surface area contributed by atoms with E-state index >= 15 is 0 Å². The Morgan fingerprint density at radius 1 is 0.889 bits per heavy atom. The van der Waals surface area contributed by atoms with Gasteiger partial charge in [-0.15, -0.1) is 11.3 Å². The van der Waals surface area contributed by atoms with Crippen molar-refractivity contribution in [2.75, 3.05) is 26.2 Å². The number of hydrogen-bond acceptors (Lipinski definition) is 9. The lowest BCUT2D eigenvalue weighted by atomic mass is 9.79. The molecule has 0 radical (unpaired) electrons. The van der Waals surface area contributed by atoms with Crippen LogP contribution >= 0.6 is 11.3 Å². The van der Waals surface area contributed by atoms with Crippen molar-refractivity contribution >= 4 is 34.2 Å². The molecule has 1 N–H and O–H groups in total. The molecule has 0 unspecified atom stereocenters. The Hall–Kier alpha value is -5.53. The van der Waals surface area contributed by atoms with Gasteiger partial charge in [0.15, 0.2) is 5.65 Å². The van der Waals surface area contributed by atoms with Crippen LogP contribution in [0.25, 0.3) is 27.4 Å². The Morgan fingerprint density at radius 2 is 1.69 bits per heavy atom. The number of piperidine rings is 2. The van der Waals surface area contributed by atoms with Gasteiger partial charge in [-0.1, -0.05) is 36.4 Å². The van der Waals surface area contributed by atoms with Gasteiger partial charge in [-0.05, 0) is 75.9 Å². The Bertz CT molecular complexity index is 2400. The third-order valence-corrected chi connectivity index (χ3v) is 12.0. The Labute approximate surface area is 316 Å². The average molecular weight is 743 g/mol. The lowest BCUT2D eigenvalue weighted by Gasteiger charge is -2.43. The van der Waals surface area contributed by atoms with Gasteiger partial charge in [-0.25, -0.2) is 15.0 Å².